The Kier molecular flexibility index (Phi) is 6.21. The minimum absolute atomic E-state index is 0.124. The molecule has 0 radical (unpaired) electrons. The van der Waals surface area contributed by atoms with Crippen molar-refractivity contribution in [2.45, 2.75) is 57.8 Å². The first kappa shape index (κ1) is 16.9. The van der Waals surface area contributed by atoms with Gasteiger partial charge in [-0.25, -0.2) is 9.97 Å². The molecule has 1 aliphatic heterocycles. The maximum Gasteiger partial charge on any atom is 0.271 e. The first-order valence-corrected chi connectivity index (χ1v) is 9.36. The monoisotopic (exact) mass is 328 g/mol. The van der Waals surface area contributed by atoms with Crippen LogP contribution >= 0.6 is 0 Å². The second-order valence-electron chi connectivity index (χ2n) is 6.78. The molecule has 24 heavy (non-hydrogen) atoms. The molecule has 0 atom stereocenters. The lowest BCUT2D eigenvalue weighted by Crippen LogP contribution is -2.27. The Balaban J connectivity index is 1.49. The molecule has 5 heteroatoms. The second kappa shape index (κ2) is 8.81. The molecular weight excluding hydrogens is 300 g/mol. The molecular formula is C19H28N4O. The predicted molar refractivity (Wildman–Crippen MR) is 96.2 cm³/mol. The van der Waals surface area contributed by atoms with Gasteiger partial charge in [0.2, 0.25) is 0 Å². The lowest BCUT2D eigenvalue weighted by molar-refractivity contribution is 0.0948. The topological polar surface area (TPSA) is 58.1 Å². The van der Waals surface area contributed by atoms with Crippen LogP contribution in [0.1, 0.15) is 68.3 Å². The summed E-state index contributed by atoms with van der Waals surface area (Å²) in [6, 6.07) is 0. The van der Waals surface area contributed by atoms with Crippen molar-refractivity contribution >= 4 is 11.7 Å². The normalized spacial score (nSPS) is 18.7. The van der Waals surface area contributed by atoms with Crippen molar-refractivity contribution in [2.24, 2.45) is 0 Å². The van der Waals surface area contributed by atoms with Gasteiger partial charge in [-0.15, -0.1) is 0 Å². The summed E-state index contributed by atoms with van der Waals surface area (Å²) in [5, 5.41) is 2.96. The molecule has 0 unspecified atom stereocenters. The first-order chi connectivity index (χ1) is 11.8. The van der Waals surface area contributed by atoms with Gasteiger partial charge in [0, 0.05) is 19.6 Å². The van der Waals surface area contributed by atoms with E-state index in [0.29, 0.717) is 12.2 Å². The Hall–Kier alpha value is -1.91. The Labute approximate surface area is 144 Å². The van der Waals surface area contributed by atoms with Crippen molar-refractivity contribution in [3.63, 3.8) is 0 Å². The standard InChI is InChI=1S/C19H28N4O/c24-19(20-11-10-16-8-4-3-5-9-16)17-14-22-18(15-21-17)23-12-6-1-2-7-13-23/h8,14-15H,1-7,9-13H2,(H,20,24). The third-order valence-electron chi connectivity index (χ3n) is 4.92. The minimum Gasteiger partial charge on any atom is -0.355 e. The van der Waals surface area contributed by atoms with Crippen molar-refractivity contribution in [1.82, 2.24) is 15.3 Å². The molecule has 1 fully saturated rings. The molecule has 1 saturated heterocycles. The smallest absolute Gasteiger partial charge is 0.271 e. The van der Waals surface area contributed by atoms with E-state index in [4.69, 9.17) is 0 Å². The number of allylic oxidation sites excluding steroid dienone is 1. The van der Waals surface area contributed by atoms with Gasteiger partial charge in [0.25, 0.3) is 5.91 Å². The van der Waals surface area contributed by atoms with Crippen molar-refractivity contribution in [2.75, 3.05) is 24.5 Å². The number of hydrogen-bond acceptors (Lipinski definition) is 4. The zero-order chi connectivity index (χ0) is 16.6. The number of carbonyl (C=O) groups excluding carboxylic acids is 1. The third kappa shape index (κ3) is 4.79. The van der Waals surface area contributed by atoms with Crippen molar-refractivity contribution in [3.05, 3.63) is 29.7 Å². The van der Waals surface area contributed by atoms with Crippen LogP contribution in [-0.2, 0) is 0 Å². The van der Waals surface area contributed by atoms with Crippen molar-refractivity contribution in [1.29, 1.82) is 0 Å². The van der Waals surface area contributed by atoms with Gasteiger partial charge < -0.3 is 10.2 Å². The lowest BCUT2D eigenvalue weighted by Gasteiger charge is -2.20. The van der Waals surface area contributed by atoms with Gasteiger partial charge in [0.15, 0.2) is 0 Å². The average molecular weight is 328 g/mol. The van der Waals surface area contributed by atoms with Gasteiger partial charge in [0.1, 0.15) is 11.5 Å². The van der Waals surface area contributed by atoms with Crippen LogP contribution < -0.4 is 10.2 Å². The molecule has 3 rings (SSSR count). The van der Waals surface area contributed by atoms with Crippen LogP contribution in [-0.4, -0.2) is 35.5 Å². The molecule has 1 aromatic rings. The van der Waals surface area contributed by atoms with E-state index in [0.717, 1.165) is 25.3 Å². The van der Waals surface area contributed by atoms with E-state index in [9.17, 15) is 4.79 Å². The summed E-state index contributed by atoms with van der Waals surface area (Å²) in [5.41, 5.74) is 1.88. The zero-order valence-electron chi connectivity index (χ0n) is 14.5. The van der Waals surface area contributed by atoms with Gasteiger partial charge in [-0.3, -0.25) is 4.79 Å². The minimum atomic E-state index is -0.124. The summed E-state index contributed by atoms with van der Waals surface area (Å²) in [6.45, 7) is 2.75. The number of amides is 1. The average Bonchev–Trinajstić information content (AvgIpc) is 2.92. The van der Waals surface area contributed by atoms with E-state index in [1.165, 1.54) is 56.9 Å². The van der Waals surface area contributed by atoms with E-state index in [-0.39, 0.29) is 5.91 Å². The molecule has 130 valence electrons. The summed E-state index contributed by atoms with van der Waals surface area (Å²) in [4.78, 5) is 23.2. The fourth-order valence-electron chi connectivity index (χ4n) is 3.46. The van der Waals surface area contributed by atoms with Gasteiger partial charge in [-0.1, -0.05) is 24.5 Å². The Morgan fingerprint density at radius 2 is 1.88 bits per heavy atom. The Morgan fingerprint density at radius 1 is 1.04 bits per heavy atom. The van der Waals surface area contributed by atoms with E-state index >= 15 is 0 Å². The number of aromatic nitrogens is 2. The summed E-state index contributed by atoms with van der Waals surface area (Å²) >= 11 is 0. The van der Waals surface area contributed by atoms with Crippen LogP contribution in [0.5, 0.6) is 0 Å². The van der Waals surface area contributed by atoms with E-state index < -0.39 is 0 Å². The molecule has 2 heterocycles. The SMILES string of the molecule is O=C(NCCC1=CCCCC1)c1cnc(N2CCCCCC2)cn1. The van der Waals surface area contributed by atoms with Gasteiger partial charge in [-0.05, 0) is 44.9 Å². The number of rotatable bonds is 5. The van der Waals surface area contributed by atoms with Gasteiger partial charge in [0.05, 0.1) is 12.4 Å². The number of nitrogens with one attached hydrogen (secondary N) is 1. The molecule has 1 aliphatic carbocycles. The van der Waals surface area contributed by atoms with Crippen LogP contribution in [0.25, 0.3) is 0 Å². The van der Waals surface area contributed by atoms with E-state index in [1.54, 1.807) is 12.4 Å². The maximum atomic E-state index is 12.2. The van der Waals surface area contributed by atoms with Crippen LogP contribution in [0.4, 0.5) is 5.82 Å². The molecule has 5 nitrogen and oxygen atoms in total. The third-order valence-corrected chi connectivity index (χ3v) is 4.92. The summed E-state index contributed by atoms with van der Waals surface area (Å²) in [5.74, 6) is 0.766. The van der Waals surface area contributed by atoms with Gasteiger partial charge in [-0.2, -0.15) is 0 Å². The maximum absolute atomic E-state index is 12.2. The molecule has 1 amide bonds. The molecule has 2 aliphatic rings. The van der Waals surface area contributed by atoms with Crippen LogP contribution in [0.15, 0.2) is 24.0 Å². The quantitative estimate of drug-likeness (QED) is 0.841. The predicted octanol–water partition coefficient (Wildman–Crippen LogP) is 3.48. The fraction of sp³-hybridized carbons (Fsp3) is 0.632. The summed E-state index contributed by atoms with van der Waals surface area (Å²) in [7, 11) is 0. The molecule has 0 saturated carbocycles. The summed E-state index contributed by atoms with van der Waals surface area (Å²) in [6.07, 6.45) is 16.6. The fourth-order valence-corrected chi connectivity index (χ4v) is 3.46. The number of nitrogens with zero attached hydrogens (tertiary/aromatic N) is 3. The highest BCUT2D eigenvalue weighted by Crippen LogP contribution is 2.19. The highest BCUT2D eigenvalue weighted by molar-refractivity contribution is 5.92. The molecule has 1 aromatic heterocycles. The number of hydrogen-bond donors (Lipinski definition) is 1. The highest BCUT2D eigenvalue weighted by atomic mass is 16.1. The van der Waals surface area contributed by atoms with Crippen molar-refractivity contribution in [3.8, 4) is 0 Å². The van der Waals surface area contributed by atoms with Crippen molar-refractivity contribution < 1.29 is 4.79 Å². The van der Waals surface area contributed by atoms with Crippen LogP contribution in [0.2, 0.25) is 0 Å². The molecule has 0 spiro atoms. The van der Waals surface area contributed by atoms with Gasteiger partial charge >= 0.3 is 0 Å². The highest BCUT2D eigenvalue weighted by Gasteiger charge is 2.13. The summed E-state index contributed by atoms with van der Waals surface area (Å²) < 4.78 is 0. The van der Waals surface area contributed by atoms with Crippen LogP contribution in [0, 0.1) is 0 Å². The Bertz CT molecular complexity index is 559. The second-order valence-corrected chi connectivity index (χ2v) is 6.78. The molecule has 0 bridgehead atoms. The number of anilines is 1. The molecule has 0 aromatic carbocycles. The first-order valence-electron chi connectivity index (χ1n) is 9.36. The molecule has 1 N–H and O–H groups in total. The number of carbonyl (C=O) groups is 1. The lowest BCUT2D eigenvalue weighted by atomic mass is 9.97. The zero-order valence-corrected chi connectivity index (χ0v) is 14.5. The Morgan fingerprint density at radius 3 is 2.54 bits per heavy atom. The van der Waals surface area contributed by atoms with E-state index in [2.05, 4.69) is 26.3 Å². The van der Waals surface area contributed by atoms with Crippen LogP contribution in [0.3, 0.4) is 0 Å². The largest absolute Gasteiger partial charge is 0.355 e. The van der Waals surface area contributed by atoms with E-state index in [1.807, 2.05) is 0 Å².